The summed E-state index contributed by atoms with van der Waals surface area (Å²) in [5.74, 6) is 1.34. The number of ether oxygens (including phenoxy) is 3. The van der Waals surface area contributed by atoms with Crippen LogP contribution in [-0.2, 0) is 10.2 Å². The second-order valence-corrected chi connectivity index (χ2v) is 7.09. The lowest BCUT2D eigenvalue weighted by Gasteiger charge is -2.19. The number of rotatable bonds is 6. The molecule has 26 heavy (non-hydrogen) atoms. The highest BCUT2D eigenvalue weighted by atomic mass is 16.6. The maximum atomic E-state index is 11.9. The topological polar surface area (TPSA) is 56.8 Å². The van der Waals surface area contributed by atoms with Gasteiger partial charge in [-0.1, -0.05) is 39.0 Å². The first kappa shape index (κ1) is 19.6. The van der Waals surface area contributed by atoms with Crippen molar-refractivity contribution in [3.63, 3.8) is 0 Å². The van der Waals surface area contributed by atoms with E-state index < -0.39 is 6.09 Å². The lowest BCUT2D eigenvalue weighted by atomic mass is 9.87. The summed E-state index contributed by atoms with van der Waals surface area (Å²) in [5, 5.41) is 2.68. The zero-order chi connectivity index (χ0) is 19.2. The van der Waals surface area contributed by atoms with Gasteiger partial charge in [-0.05, 0) is 47.7 Å². The first-order chi connectivity index (χ1) is 12.3. The first-order valence-electron chi connectivity index (χ1n) is 8.61. The average molecular weight is 357 g/mol. The van der Waals surface area contributed by atoms with Gasteiger partial charge in [-0.15, -0.1) is 0 Å². The third-order valence-corrected chi connectivity index (χ3v) is 3.90. The number of amides is 1. The van der Waals surface area contributed by atoms with Gasteiger partial charge in [-0.25, -0.2) is 4.79 Å². The van der Waals surface area contributed by atoms with Gasteiger partial charge in [0.15, 0.2) is 0 Å². The molecule has 140 valence electrons. The molecule has 5 heteroatoms. The van der Waals surface area contributed by atoms with Crippen molar-refractivity contribution in [2.75, 3.05) is 25.6 Å². The molecule has 0 saturated heterocycles. The Hall–Kier alpha value is -2.69. The van der Waals surface area contributed by atoms with Crippen LogP contribution in [0.25, 0.3) is 0 Å². The molecule has 0 heterocycles. The van der Waals surface area contributed by atoms with Gasteiger partial charge < -0.3 is 14.2 Å². The van der Waals surface area contributed by atoms with Crippen LogP contribution < -0.4 is 14.8 Å². The molecule has 0 aromatic heterocycles. The van der Waals surface area contributed by atoms with E-state index in [1.165, 1.54) is 5.56 Å². The van der Waals surface area contributed by atoms with Gasteiger partial charge in [-0.2, -0.15) is 0 Å². The molecule has 0 aliphatic rings. The lowest BCUT2D eigenvalue weighted by Crippen LogP contribution is -2.18. The molecule has 0 aliphatic carbocycles. The van der Waals surface area contributed by atoms with Crippen LogP contribution in [0.3, 0.4) is 0 Å². The van der Waals surface area contributed by atoms with E-state index in [2.05, 4.69) is 26.1 Å². The highest BCUT2D eigenvalue weighted by Gasteiger charge is 2.13. The summed E-state index contributed by atoms with van der Waals surface area (Å²) in [6.45, 7) is 8.87. The molecule has 0 fully saturated rings. The van der Waals surface area contributed by atoms with Crippen LogP contribution >= 0.6 is 0 Å². The van der Waals surface area contributed by atoms with E-state index in [4.69, 9.17) is 14.2 Å². The number of anilines is 1. The van der Waals surface area contributed by atoms with Gasteiger partial charge in [-0.3, -0.25) is 5.32 Å². The van der Waals surface area contributed by atoms with Crippen LogP contribution in [0.2, 0.25) is 0 Å². The van der Waals surface area contributed by atoms with Crippen molar-refractivity contribution in [2.45, 2.75) is 33.1 Å². The number of hydrogen-bond donors (Lipinski definition) is 1. The van der Waals surface area contributed by atoms with Crippen molar-refractivity contribution in [1.29, 1.82) is 0 Å². The summed E-state index contributed by atoms with van der Waals surface area (Å²) in [5.41, 5.74) is 2.95. The molecule has 0 spiro atoms. The molecule has 2 aromatic rings. The van der Waals surface area contributed by atoms with Gasteiger partial charge in [0.05, 0.1) is 12.8 Å². The summed E-state index contributed by atoms with van der Waals surface area (Å²) >= 11 is 0. The average Bonchev–Trinajstić information content (AvgIpc) is 2.58. The van der Waals surface area contributed by atoms with E-state index >= 15 is 0 Å². The van der Waals surface area contributed by atoms with Crippen molar-refractivity contribution in [3.8, 4) is 11.5 Å². The molecule has 0 saturated carbocycles. The molecule has 0 aliphatic heterocycles. The van der Waals surface area contributed by atoms with Crippen molar-refractivity contribution in [3.05, 3.63) is 53.6 Å². The van der Waals surface area contributed by atoms with Crippen molar-refractivity contribution in [1.82, 2.24) is 0 Å². The zero-order valence-corrected chi connectivity index (χ0v) is 16.1. The molecule has 0 unspecified atom stereocenters. The Bertz CT molecular complexity index is 733. The van der Waals surface area contributed by atoms with Crippen LogP contribution in [0, 0.1) is 6.92 Å². The quantitative estimate of drug-likeness (QED) is 0.745. The predicted molar refractivity (Wildman–Crippen MR) is 103 cm³/mol. The summed E-state index contributed by atoms with van der Waals surface area (Å²) < 4.78 is 16.0. The van der Waals surface area contributed by atoms with Crippen LogP contribution in [0.5, 0.6) is 11.5 Å². The van der Waals surface area contributed by atoms with E-state index in [-0.39, 0.29) is 18.6 Å². The highest BCUT2D eigenvalue weighted by molar-refractivity contribution is 5.86. The van der Waals surface area contributed by atoms with E-state index in [1.54, 1.807) is 13.2 Å². The Morgan fingerprint density at radius 1 is 1.04 bits per heavy atom. The number of benzene rings is 2. The summed E-state index contributed by atoms with van der Waals surface area (Å²) in [4.78, 5) is 11.9. The molecule has 0 bridgehead atoms. The standard InChI is InChI=1S/C21H27NO4/c1-15-6-11-19(24-5)18(14-15)22-20(23)26-13-12-25-17-9-7-16(8-10-17)21(2,3)4/h6-11,14H,12-13H2,1-5H3,(H,22,23). The summed E-state index contributed by atoms with van der Waals surface area (Å²) in [7, 11) is 1.56. The molecule has 5 nitrogen and oxygen atoms in total. The Morgan fingerprint density at radius 2 is 1.73 bits per heavy atom. The molecule has 1 N–H and O–H groups in total. The SMILES string of the molecule is COc1ccc(C)cc1NC(=O)OCCOc1ccc(C(C)(C)C)cc1. The molecule has 2 rings (SSSR count). The van der Waals surface area contributed by atoms with Crippen molar-refractivity contribution in [2.24, 2.45) is 0 Å². The zero-order valence-electron chi connectivity index (χ0n) is 16.1. The first-order valence-corrected chi connectivity index (χ1v) is 8.61. The van der Waals surface area contributed by atoms with Crippen LogP contribution in [0.1, 0.15) is 31.9 Å². The Morgan fingerprint density at radius 3 is 2.35 bits per heavy atom. The minimum absolute atomic E-state index is 0.108. The van der Waals surface area contributed by atoms with Crippen LogP contribution in [0.4, 0.5) is 10.5 Å². The minimum atomic E-state index is -0.541. The maximum absolute atomic E-state index is 11.9. The van der Waals surface area contributed by atoms with Gasteiger partial charge in [0.1, 0.15) is 24.7 Å². The lowest BCUT2D eigenvalue weighted by molar-refractivity contribution is 0.137. The van der Waals surface area contributed by atoms with E-state index in [0.717, 1.165) is 11.3 Å². The van der Waals surface area contributed by atoms with E-state index in [0.29, 0.717) is 11.4 Å². The Kier molecular flexibility index (Phi) is 6.50. The fourth-order valence-electron chi connectivity index (χ4n) is 2.41. The summed E-state index contributed by atoms with van der Waals surface area (Å²) in [6.07, 6.45) is -0.541. The van der Waals surface area contributed by atoms with Crippen LogP contribution in [0.15, 0.2) is 42.5 Å². The van der Waals surface area contributed by atoms with Crippen LogP contribution in [-0.4, -0.2) is 26.4 Å². The normalized spacial score (nSPS) is 11.0. The second-order valence-electron chi connectivity index (χ2n) is 7.09. The third-order valence-electron chi connectivity index (χ3n) is 3.90. The molecule has 0 radical (unpaired) electrons. The monoisotopic (exact) mass is 357 g/mol. The third kappa shape index (κ3) is 5.69. The fraction of sp³-hybridized carbons (Fsp3) is 0.381. The second kappa shape index (κ2) is 8.61. The van der Waals surface area contributed by atoms with Gasteiger partial charge in [0, 0.05) is 0 Å². The highest BCUT2D eigenvalue weighted by Crippen LogP contribution is 2.25. The molecule has 2 aromatic carbocycles. The predicted octanol–water partition coefficient (Wildman–Crippen LogP) is 4.93. The van der Waals surface area contributed by atoms with Crippen molar-refractivity contribution < 1.29 is 19.0 Å². The fourth-order valence-corrected chi connectivity index (χ4v) is 2.41. The minimum Gasteiger partial charge on any atom is -0.495 e. The Labute approximate surface area is 155 Å². The maximum Gasteiger partial charge on any atom is 0.411 e. The summed E-state index contributed by atoms with van der Waals surface area (Å²) in [6, 6.07) is 13.5. The molecule has 1 amide bonds. The van der Waals surface area contributed by atoms with Gasteiger partial charge in [0.25, 0.3) is 0 Å². The molecular weight excluding hydrogens is 330 g/mol. The Balaban J connectivity index is 1.78. The largest absolute Gasteiger partial charge is 0.495 e. The van der Waals surface area contributed by atoms with Gasteiger partial charge >= 0.3 is 6.09 Å². The number of methoxy groups -OCH3 is 1. The van der Waals surface area contributed by atoms with E-state index in [1.807, 2.05) is 43.3 Å². The smallest absolute Gasteiger partial charge is 0.411 e. The molecular formula is C21H27NO4. The number of carbonyl (C=O) groups is 1. The number of nitrogens with one attached hydrogen (secondary N) is 1. The molecule has 0 atom stereocenters. The van der Waals surface area contributed by atoms with E-state index in [9.17, 15) is 4.79 Å². The number of carbonyl (C=O) groups excluding carboxylic acids is 1. The number of hydrogen-bond acceptors (Lipinski definition) is 4. The van der Waals surface area contributed by atoms with Crippen molar-refractivity contribution >= 4 is 11.8 Å². The number of aryl methyl sites for hydroxylation is 1. The van der Waals surface area contributed by atoms with Gasteiger partial charge in [0.2, 0.25) is 0 Å².